The Bertz CT molecular complexity index is 1300. The number of fused-ring (bicyclic) bond motifs is 3. The lowest BCUT2D eigenvalue weighted by atomic mass is 9.97. The Labute approximate surface area is 178 Å². The fraction of sp³-hybridized carbons (Fsp3) is 0.292. The predicted octanol–water partition coefficient (Wildman–Crippen LogP) is 2.87. The Hall–Kier alpha value is -3.29. The third-order valence-corrected chi connectivity index (χ3v) is 5.93. The van der Waals surface area contributed by atoms with Gasteiger partial charge in [0, 0.05) is 47.4 Å². The molecule has 1 fully saturated rings. The summed E-state index contributed by atoms with van der Waals surface area (Å²) < 4.78 is 12.1. The Morgan fingerprint density at radius 3 is 2.87 bits per heavy atom. The van der Waals surface area contributed by atoms with Crippen LogP contribution in [0.2, 0.25) is 0 Å². The van der Waals surface area contributed by atoms with Crippen LogP contribution in [0.15, 0.2) is 59.8 Å². The molecule has 1 aliphatic heterocycles. The van der Waals surface area contributed by atoms with Gasteiger partial charge in [-0.15, -0.1) is 0 Å². The van der Waals surface area contributed by atoms with Crippen LogP contribution in [-0.2, 0) is 11.2 Å². The number of pyridine rings is 3. The van der Waals surface area contributed by atoms with E-state index in [0.29, 0.717) is 30.7 Å². The van der Waals surface area contributed by atoms with Crippen molar-refractivity contribution in [2.45, 2.75) is 25.0 Å². The number of hydrogen-bond donors (Lipinski definition) is 1. The van der Waals surface area contributed by atoms with Crippen molar-refractivity contribution in [3.8, 4) is 5.88 Å². The van der Waals surface area contributed by atoms with E-state index < -0.39 is 6.10 Å². The summed E-state index contributed by atoms with van der Waals surface area (Å²) in [6.45, 7) is 0.769. The van der Waals surface area contributed by atoms with Gasteiger partial charge in [-0.3, -0.25) is 9.78 Å². The summed E-state index contributed by atoms with van der Waals surface area (Å²) in [5.74, 6) is 0.562. The van der Waals surface area contributed by atoms with Crippen LogP contribution >= 0.6 is 0 Å². The van der Waals surface area contributed by atoms with E-state index in [-0.39, 0.29) is 18.2 Å². The largest absolute Gasteiger partial charge is 0.481 e. The minimum absolute atomic E-state index is 0.120. The standard InChI is InChI=1S/C24H23N3O4/c1-30-22-5-4-15(13-26-22)11-16-12-19-18(23-17(16)3-2-8-25-23)6-9-27(24(19)29)20-7-10-31-14-21(20)28/h2-6,8-9,12-13,20-21,28H,7,10-11,14H2,1H3. The van der Waals surface area contributed by atoms with Gasteiger partial charge in [-0.05, 0) is 42.2 Å². The number of ether oxygens (including phenoxy) is 2. The molecule has 7 nitrogen and oxygen atoms in total. The highest BCUT2D eigenvalue weighted by Gasteiger charge is 2.26. The van der Waals surface area contributed by atoms with Gasteiger partial charge >= 0.3 is 0 Å². The highest BCUT2D eigenvalue weighted by Crippen LogP contribution is 2.28. The van der Waals surface area contributed by atoms with Crippen molar-refractivity contribution in [3.63, 3.8) is 0 Å². The van der Waals surface area contributed by atoms with E-state index in [2.05, 4.69) is 9.97 Å². The molecule has 0 aliphatic carbocycles. The third-order valence-electron chi connectivity index (χ3n) is 5.93. The molecule has 158 valence electrons. The van der Waals surface area contributed by atoms with E-state index in [0.717, 1.165) is 27.4 Å². The number of aromatic nitrogens is 3. The van der Waals surface area contributed by atoms with Gasteiger partial charge in [0.15, 0.2) is 0 Å². The fourth-order valence-corrected chi connectivity index (χ4v) is 4.34. The molecule has 2 atom stereocenters. The van der Waals surface area contributed by atoms with Crippen molar-refractivity contribution >= 4 is 21.7 Å². The molecule has 5 rings (SSSR count). The maximum absolute atomic E-state index is 13.5. The smallest absolute Gasteiger partial charge is 0.258 e. The summed E-state index contributed by atoms with van der Waals surface area (Å²) in [5.41, 5.74) is 2.70. The zero-order valence-corrected chi connectivity index (χ0v) is 17.2. The van der Waals surface area contributed by atoms with Gasteiger partial charge in [0.2, 0.25) is 5.88 Å². The first-order valence-corrected chi connectivity index (χ1v) is 10.3. The number of nitrogens with zero attached hydrogens (tertiary/aromatic N) is 3. The van der Waals surface area contributed by atoms with Crippen LogP contribution in [0.3, 0.4) is 0 Å². The normalized spacial score (nSPS) is 19.0. The highest BCUT2D eigenvalue weighted by molar-refractivity contribution is 6.06. The van der Waals surface area contributed by atoms with Crippen LogP contribution in [0.4, 0.5) is 0 Å². The summed E-state index contributed by atoms with van der Waals surface area (Å²) in [6.07, 6.45) is 5.81. The van der Waals surface area contributed by atoms with E-state index >= 15 is 0 Å². The first-order valence-electron chi connectivity index (χ1n) is 10.3. The SMILES string of the molecule is COc1ccc(Cc2cc3c(=O)n(C4CCOCC4O)ccc3c3ncccc23)cn1. The Morgan fingerprint density at radius 1 is 1.19 bits per heavy atom. The van der Waals surface area contributed by atoms with Crippen LogP contribution in [0.25, 0.3) is 21.7 Å². The molecule has 0 spiro atoms. The molecule has 7 heteroatoms. The molecule has 1 saturated heterocycles. The van der Waals surface area contributed by atoms with Crippen molar-refractivity contribution in [1.29, 1.82) is 0 Å². The zero-order chi connectivity index (χ0) is 21.4. The molecule has 2 unspecified atom stereocenters. The molecule has 4 aromatic rings. The van der Waals surface area contributed by atoms with Crippen molar-refractivity contribution in [2.24, 2.45) is 0 Å². The first-order chi connectivity index (χ1) is 15.2. The maximum Gasteiger partial charge on any atom is 0.258 e. The average Bonchev–Trinajstić information content (AvgIpc) is 2.81. The molecule has 0 radical (unpaired) electrons. The minimum atomic E-state index is -0.702. The molecule has 0 bridgehead atoms. The Balaban J connectivity index is 1.67. The second-order valence-electron chi connectivity index (χ2n) is 7.81. The number of methoxy groups -OCH3 is 1. The number of aliphatic hydroxyl groups is 1. The zero-order valence-electron chi connectivity index (χ0n) is 17.2. The van der Waals surface area contributed by atoms with Crippen LogP contribution in [-0.4, -0.2) is 46.1 Å². The highest BCUT2D eigenvalue weighted by atomic mass is 16.5. The van der Waals surface area contributed by atoms with Gasteiger partial charge in [0.05, 0.1) is 31.4 Å². The monoisotopic (exact) mass is 417 g/mol. The van der Waals surface area contributed by atoms with Crippen molar-refractivity contribution in [1.82, 2.24) is 14.5 Å². The van der Waals surface area contributed by atoms with E-state index in [1.165, 1.54) is 0 Å². The fourth-order valence-electron chi connectivity index (χ4n) is 4.34. The molecule has 31 heavy (non-hydrogen) atoms. The first kappa shape index (κ1) is 19.7. The summed E-state index contributed by atoms with van der Waals surface area (Å²) in [7, 11) is 1.59. The lowest BCUT2D eigenvalue weighted by Gasteiger charge is -2.29. The molecular formula is C24H23N3O4. The molecular weight excluding hydrogens is 394 g/mol. The van der Waals surface area contributed by atoms with Gasteiger partial charge < -0.3 is 19.1 Å². The van der Waals surface area contributed by atoms with Crippen molar-refractivity contribution in [3.05, 3.63) is 76.5 Å². The number of benzene rings is 1. The quantitative estimate of drug-likeness (QED) is 0.514. The van der Waals surface area contributed by atoms with Gasteiger partial charge in [-0.25, -0.2) is 4.98 Å². The van der Waals surface area contributed by atoms with Crippen molar-refractivity contribution < 1.29 is 14.6 Å². The second-order valence-corrected chi connectivity index (χ2v) is 7.81. The summed E-state index contributed by atoms with van der Waals surface area (Å²) in [6, 6.07) is 11.3. The number of rotatable bonds is 4. The molecule has 1 aliphatic rings. The molecule has 0 saturated carbocycles. The van der Waals surface area contributed by atoms with E-state index in [9.17, 15) is 9.90 Å². The summed E-state index contributed by atoms with van der Waals surface area (Å²) in [5, 5.41) is 12.8. The lowest BCUT2D eigenvalue weighted by Crippen LogP contribution is -2.38. The van der Waals surface area contributed by atoms with Crippen LogP contribution < -0.4 is 10.3 Å². The van der Waals surface area contributed by atoms with Crippen LogP contribution in [0, 0.1) is 0 Å². The van der Waals surface area contributed by atoms with Crippen molar-refractivity contribution in [2.75, 3.05) is 20.3 Å². The number of hydrogen-bond acceptors (Lipinski definition) is 6. The van der Waals surface area contributed by atoms with Crippen LogP contribution in [0.1, 0.15) is 23.6 Å². The lowest BCUT2D eigenvalue weighted by molar-refractivity contribution is -0.0392. The van der Waals surface area contributed by atoms with Gasteiger partial charge in [0.1, 0.15) is 0 Å². The molecule has 1 N–H and O–H groups in total. The molecule has 4 heterocycles. The Morgan fingerprint density at radius 2 is 2.10 bits per heavy atom. The topological polar surface area (TPSA) is 86.5 Å². The molecule has 0 amide bonds. The number of aliphatic hydroxyl groups excluding tert-OH is 1. The van der Waals surface area contributed by atoms with Gasteiger partial charge in [-0.1, -0.05) is 12.1 Å². The van der Waals surface area contributed by atoms with E-state index in [1.54, 1.807) is 30.3 Å². The minimum Gasteiger partial charge on any atom is -0.481 e. The maximum atomic E-state index is 13.5. The molecule has 3 aromatic heterocycles. The predicted molar refractivity (Wildman–Crippen MR) is 118 cm³/mol. The van der Waals surface area contributed by atoms with E-state index in [4.69, 9.17) is 9.47 Å². The third kappa shape index (κ3) is 3.56. The average molecular weight is 417 g/mol. The van der Waals surface area contributed by atoms with Crippen LogP contribution in [0.5, 0.6) is 5.88 Å². The van der Waals surface area contributed by atoms with E-state index in [1.807, 2.05) is 36.4 Å². The Kier molecular flexibility index (Phi) is 5.13. The van der Waals surface area contributed by atoms with Gasteiger partial charge in [0.25, 0.3) is 5.56 Å². The summed E-state index contributed by atoms with van der Waals surface area (Å²) in [4.78, 5) is 22.3. The van der Waals surface area contributed by atoms with Gasteiger partial charge in [-0.2, -0.15) is 0 Å². The molecule has 1 aromatic carbocycles. The summed E-state index contributed by atoms with van der Waals surface area (Å²) >= 11 is 0. The second kappa shape index (κ2) is 8.09.